The molecule has 0 heterocycles. The van der Waals surface area contributed by atoms with E-state index in [4.69, 9.17) is 0 Å². The Bertz CT molecular complexity index is 598. The van der Waals surface area contributed by atoms with E-state index in [2.05, 4.69) is 56.3 Å². The van der Waals surface area contributed by atoms with Gasteiger partial charge < -0.3 is 5.11 Å². The fourth-order valence-electron chi connectivity index (χ4n) is 3.03. The molecule has 1 nitrogen and oxygen atoms in total. The highest BCUT2D eigenvalue weighted by atomic mass is 16.3. The number of rotatable bonds is 2. The molecule has 1 aliphatic carbocycles. The highest BCUT2D eigenvalue weighted by Gasteiger charge is 2.20. The lowest BCUT2D eigenvalue weighted by molar-refractivity contribution is 0.180. The maximum atomic E-state index is 9.89. The van der Waals surface area contributed by atoms with Crippen molar-refractivity contribution in [2.75, 3.05) is 0 Å². The summed E-state index contributed by atoms with van der Waals surface area (Å²) in [6, 6.07) is 15.1. The van der Waals surface area contributed by atoms with E-state index in [0.29, 0.717) is 5.92 Å². The molecule has 1 heteroatoms. The average molecular weight is 252 g/mol. The van der Waals surface area contributed by atoms with Gasteiger partial charge >= 0.3 is 0 Å². The molecule has 0 bridgehead atoms. The average Bonchev–Trinajstić information content (AvgIpc) is 2.80. The smallest absolute Gasteiger partial charge is 0.0795 e. The molecule has 19 heavy (non-hydrogen) atoms. The predicted octanol–water partition coefficient (Wildman–Crippen LogP) is 4.46. The monoisotopic (exact) mass is 252 g/mol. The van der Waals surface area contributed by atoms with Crippen LogP contribution >= 0.6 is 0 Å². The SMILES string of the molecule is CC(C)c1ccccc1-c1ccc2c(c1)CCC2O. The number of benzene rings is 2. The molecule has 1 aliphatic rings. The van der Waals surface area contributed by atoms with Gasteiger partial charge in [-0.05, 0) is 46.6 Å². The zero-order chi connectivity index (χ0) is 13.4. The van der Waals surface area contributed by atoms with Crippen LogP contribution in [0.3, 0.4) is 0 Å². The van der Waals surface area contributed by atoms with Gasteiger partial charge in [-0.25, -0.2) is 0 Å². The van der Waals surface area contributed by atoms with E-state index in [9.17, 15) is 5.11 Å². The van der Waals surface area contributed by atoms with Crippen LogP contribution in [0.2, 0.25) is 0 Å². The maximum absolute atomic E-state index is 9.89. The van der Waals surface area contributed by atoms with Crippen molar-refractivity contribution in [1.82, 2.24) is 0 Å². The molecule has 1 unspecified atom stereocenters. The molecule has 0 fully saturated rings. The lowest BCUT2D eigenvalue weighted by atomic mass is 9.91. The third-order valence-electron chi connectivity index (χ3n) is 4.08. The fourth-order valence-corrected chi connectivity index (χ4v) is 3.03. The molecule has 98 valence electrons. The Kier molecular flexibility index (Phi) is 3.16. The van der Waals surface area contributed by atoms with Gasteiger partial charge in [0.05, 0.1) is 6.10 Å². The minimum absolute atomic E-state index is 0.260. The van der Waals surface area contributed by atoms with Crippen LogP contribution in [0.4, 0.5) is 0 Å². The Hall–Kier alpha value is -1.60. The number of aliphatic hydroxyl groups is 1. The van der Waals surface area contributed by atoms with Gasteiger partial charge in [0, 0.05) is 0 Å². The molecule has 0 saturated heterocycles. The number of aliphatic hydroxyl groups excluding tert-OH is 1. The summed E-state index contributed by atoms with van der Waals surface area (Å²) in [5.74, 6) is 0.523. The van der Waals surface area contributed by atoms with Crippen molar-refractivity contribution in [3.63, 3.8) is 0 Å². The van der Waals surface area contributed by atoms with Gasteiger partial charge in [-0.15, -0.1) is 0 Å². The van der Waals surface area contributed by atoms with Crippen LogP contribution in [0.5, 0.6) is 0 Å². The minimum Gasteiger partial charge on any atom is -0.388 e. The molecule has 0 amide bonds. The lowest BCUT2D eigenvalue weighted by Gasteiger charge is -2.14. The Morgan fingerprint density at radius 3 is 2.68 bits per heavy atom. The first-order chi connectivity index (χ1) is 9.16. The quantitative estimate of drug-likeness (QED) is 0.836. The third kappa shape index (κ3) is 2.19. The van der Waals surface area contributed by atoms with Gasteiger partial charge in [0.2, 0.25) is 0 Å². The van der Waals surface area contributed by atoms with Crippen molar-refractivity contribution in [1.29, 1.82) is 0 Å². The van der Waals surface area contributed by atoms with Crippen LogP contribution in [0.15, 0.2) is 42.5 Å². The van der Waals surface area contributed by atoms with Crippen LogP contribution in [0.1, 0.15) is 49.0 Å². The number of fused-ring (bicyclic) bond motifs is 1. The normalized spacial score (nSPS) is 17.8. The van der Waals surface area contributed by atoms with E-state index in [-0.39, 0.29) is 6.10 Å². The zero-order valence-corrected chi connectivity index (χ0v) is 11.6. The van der Waals surface area contributed by atoms with E-state index < -0.39 is 0 Å². The molecule has 0 spiro atoms. The summed E-state index contributed by atoms with van der Waals surface area (Å²) in [6.45, 7) is 4.46. The van der Waals surface area contributed by atoms with Crippen LogP contribution in [-0.2, 0) is 6.42 Å². The Balaban J connectivity index is 2.09. The van der Waals surface area contributed by atoms with Crippen molar-refractivity contribution < 1.29 is 5.11 Å². The lowest BCUT2D eigenvalue weighted by Crippen LogP contribution is -1.94. The molecule has 3 rings (SSSR count). The Morgan fingerprint density at radius 1 is 1.11 bits per heavy atom. The van der Waals surface area contributed by atoms with Gasteiger partial charge in [-0.3, -0.25) is 0 Å². The van der Waals surface area contributed by atoms with Gasteiger partial charge in [0.15, 0.2) is 0 Å². The molecule has 0 saturated carbocycles. The van der Waals surface area contributed by atoms with Crippen molar-refractivity contribution in [3.8, 4) is 11.1 Å². The van der Waals surface area contributed by atoms with E-state index in [0.717, 1.165) is 18.4 Å². The van der Waals surface area contributed by atoms with E-state index in [1.54, 1.807) is 0 Å². The van der Waals surface area contributed by atoms with Crippen LogP contribution < -0.4 is 0 Å². The number of aryl methyl sites for hydroxylation is 1. The van der Waals surface area contributed by atoms with E-state index in [1.807, 2.05) is 0 Å². The molecule has 2 aromatic carbocycles. The molecule has 1 atom stereocenters. The van der Waals surface area contributed by atoms with Crippen molar-refractivity contribution in [3.05, 3.63) is 59.2 Å². The maximum Gasteiger partial charge on any atom is 0.0795 e. The van der Waals surface area contributed by atoms with Crippen molar-refractivity contribution >= 4 is 0 Å². The largest absolute Gasteiger partial charge is 0.388 e. The summed E-state index contributed by atoms with van der Waals surface area (Å²) in [5, 5.41) is 9.89. The number of hydrogen-bond acceptors (Lipinski definition) is 1. The Labute approximate surface area is 114 Å². The first kappa shape index (κ1) is 12.4. The second kappa shape index (κ2) is 4.82. The first-order valence-corrected chi connectivity index (χ1v) is 7.07. The zero-order valence-electron chi connectivity index (χ0n) is 11.6. The molecule has 0 radical (unpaired) electrons. The molecule has 2 aromatic rings. The summed E-state index contributed by atoms with van der Waals surface area (Å²) in [7, 11) is 0. The van der Waals surface area contributed by atoms with Gasteiger partial charge in [-0.1, -0.05) is 56.3 Å². The Morgan fingerprint density at radius 2 is 1.89 bits per heavy atom. The summed E-state index contributed by atoms with van der Waals surface area (Å²) in [6.07, 6.45) is 1.60. The van der Waals surface area contributed by atoms with Crippen molar-refractivity contribution in [2.24, 2.45) is 0 Å². The molecular weight excluding hydrogens is 232 g/mol. The topological polar surface area (TPSA) is 20.2 Å². The van der Waals surface area contributed by atoms with Gasteiger partial charge in [0.1, 0.15) is 0 Å². The number of hydrogen-bond donors (Lipinski definition) is 1. The van der Waals surface area contributed by atoms with Gasteiger partial charge in [-0.2, -0.15) is 0 Å². The molecule has 1 N–H and O–H groups in total. The van der Waals surface area contributed by atoms with Crippen LogP contribution in [-0.4, -0.2) is 5.11 Å². The van der Waals surface area contributed by atoms with Crippen LogP contribution in [0.25, 0.3) is 11.1 Å². The van der Waals surface area contributed by atoms with Crippen molar-refractivity contribution in [2.45, 2.75) is 38.7 Å². The second-order valence-electron chi connectivity index (χ2n) is 5.71. The van der Waals surface area contributed by atoms with Crippen LogP contribution in [0, 0.1) is 0 Å². The highest BCUT2D eigenvalue weighted by molar-refractivity contribution is 5.69. The van der Waals surface area contributed by atoms with E-state index >= 15 is 0 Å². The first-order valence-electron chi connectivity index (χ1n) is 7.07. The molecule has 0 aliphatic heterocycles. The highest BCUT2D eigenvalue weighted by Crippen LogP contribution is 2.36. The standard InChI is InChI=1S/C18H20O/c1-12(2)15-5-3-4-6-16(15)13-7-9-17-14(11-13)8-10-18(17)19/h3-7,9,11-12,18-19H,8,10H2,1-2H3. The molecule has 0 aromatic heterocycles. The molecular formula is C18H20O. The predicted molar refractivity (Wildman–Crippen MR) is 79.2 cm³/mol. The third-order valence-corrected chi connectivity index (χ3v) is 4.08. The summed E-state index contributed by atoms with van der Waals surface area (Å²) in [5.41, 5.74) is 6.41. The van der Waals surface area contributed by atoms with Gasteiger partial charge in [0.25, 0.3) is 0 Å². The second-order valence-corrected chi connectivity index (χ2v) is 5.71. The van der Waals surface area contributed by atoms with E-state index in [1.165, 1.54) is 22.3 Å². The minimum atomic E-state index is -0.260. The summed E-state index contributed by atoms with van der Waals surface area (Å²) < 4.78 is 0. The summed E-state index contributed by atoms with van der Waals surface area (Å²) in [4.78, 5) is 0. The summed E-state index contributed by atoms with van der Waals surface area (Å²) >= 11 is 0. The fraction of sp³-hybridized carbons (Fsp3) is 0.333.